The van der Waals surface area contributed by atoms with Gasteiger partial charge < -0.3 is 0 Å². The molecule has 0 amide bonds. The van der Waals surface area contributed by atoms with Gasteiger partial charge in [0.25, 0.3) is 0 Å². The van der Waals surface area contributed by atoms with Gasteiger partial charge in [-0.15, -0.1) is 0 Å². The van der Waals surface area contributed by atoms with Crippen LogP contribution in [-0.2, 0) is 9.84 Å². The molecule has 0 atom stereocenters. The first kappa shape index (κ1) is 12.5. The smallest absolute Gasteiger partial charge is 0.150 e. The van der Waals surface area contributed by atoms with E-state index in [0.29, 0.717) is 6.42 Å². The summed E-state index contributed by atoms with van der Waals surface area (Å²) in [6.07, 6.45) is 5.54. The number of rotatable bonds is 5. The lowest BCUT2D eigenvalue weighted by Gasteiger charge is -2.19. The zero-order valence-corrected chi connectivity index (χ0v) is 10.1. The number of nitriles is 1. The Hall–Kier alpha value is -0.560. The third-order valence-corrected chi connectivity index (χ3v) is 5.14. The van der Waals surface area contributed by atoms with Crippen LogP contribution < -0.4 is 0 Å². The van der Waals surface area contributed by atoms with E-state index in [4.69, 9.17) is 5.26 Å². The van der Waals surface area contributed by atoms with Crippen molar-refractivity contribution >= 4 is 9.84 Å². The normalized spacial score (nSPS) is 20.0. The SMILES string of the molecule is CCS(=O)(=O)CCCC1(C#N)CCCC1. The lowest BCUT2D eigenvalue weighted by atomic mass is 9.83. The molecule has 1 fully saturated rings. The molecule has 0 heterocycles. The van der Waals surface area contributed by atoms with Gasteiger partial charge in [0.15, 0.2) is 0 Å². The van der Waals surface area contributed by atoms with E-state index in [1.165, 1.54) is 0 Å². The summed E-state index contributed by atoms with van der Waals surface area (Å²) < 4.78 is 22.6. The van der Waals surface area contributed by atoms with Crippen molar-refractivity contribution in [3.63, 3.8) is 0 Å². The highest BCUT2D eigenvalue weighted by Gasteiger charge is 2.33. The summed E-state index contributed by atoms with van der Waals surface area (Å²) in [7, 11) is -2.86. The molecule has 0 aliphatic heterocycles. The minimum atomic E-state index is -2.86. The van der Waals surface area contributed by atoms with Crippen molar-refractivity contribution in [2.75, 3.05) is 11.5 Å². The maximum Gasteiger partial charge on any atom is 0.150 e. The molecule has 0 aromatic carbocycles. The van der Waals surface area contributed by atoms with Crippen molar-refractivity contribution in [1.82, 2.24) is 0 Å². The van der Waals surface area contributed by atoms with Crippen LogP contribution in [0, 0.1) is 16.7 Å². The molecule has 3 nitrogen and oxygen atoms in total. The van der Waals surface area contributed by atoms with Gasteiger partial charge in [-0.2, -0.15) is 5.26 Å². The Morgan fingerprint density at radius 2 is 1.93 bits per heavy atom. The van der Waals surface area contributed by atoms with Gasteiger partial charge >= 0.3 is 0 Å². The maximum absolute atomic E-state index is 11.3. The molecule has 0 aromatic rings. The van der Waals surface area contributed by atoms with Crippen LogP contribution in [0.3, 0.4) is 0 Å². The molecule has 1 saturated carbocycles. The molecule has 86 valence electrons. The summed E-state index contributed by atoms with van der Waals surface area (Å²) in [5.74, 6) is 0.458. The minimum Gasteiger partial charge on any atom is -0.229 e. The van der Waals surface area contributed by atoms with Gasteiger partial charge in [0.05, 0.1) is 17.2 Å². The monoisotopic (exact) mass is 229 g/mol. The first-order valence-electron chi connectivity index (χ1n) is 5.65. The summed E-state index contributed by atoms with van der Waals surface area (Å²) in [5, 5.41) is 9.10. The van der Waals surface area contributed by atoms with Crippen molar-refractivity contribution in [3.8, 4) is 6.07 Å². The number of sulfone groups is 1. The van der Waals surface area contributed by atoms with Crippen LogP contribution in [0.25, 0.3) is 0 Å². The summed E-state index contributed by atoms with van der Waals surface area (Å²) in [4.78, 5) is 0. The van der Waals surface area contributed by atoms with Gasteiger partial charge in [0, 0.05) is 5.75 Å². The average Bonchev–Trinajstić information content (AvgIpc) is 2.67. The van der Waals surface area contributed by atoms with Crippen LogP contribution in [0.4, 0.5) is 0 Å². The summed E-state index contributed by atoms with van der Waals surface area (Å²) in [6.45, 7) is 1.67. The highest BCUT2D eigenvalue weighted by Crippen LogP contribution is 2.41. The topological polar surface area (TPSA) is 57.9 Å². The van der Waals surface area contributed by atoms with E-state index >= 15 is 0 Å². The molecule has 0 radical (unpaired) electrons. The van der Waals surface area contributed by atoms with Gasteiger partial charge in [-0.05, 0) is 25.7 Å². The molecular formula is C11H19NO2S. The fourth-order valence-electron chi connectivity index (χ4n) is 2.24. The van der Waals surface area contributed by atoms with Crippen molar-refractivity contribution in [3.05, 3.63) is 0 Å². The average molecular weight is 229 g/mol. The van der Waals surface area contributed by atoms with Gasteiger partial charge in [-0.3, -0.25) is 0 Å². The third-order valence-electron chi connectivity index (χ3n) is 3.35. The van der Waals surface area contributed by atoms with E-state index in [-0.39, 0.29) is 16.9 Å². The van der Waals surface area contributed by atoms with Crippen LogP contribution in [0.1, 0.15) is 45.4 Å². The van der Waals surface area contributed by atoms with Crippen LogP contribution >= 0.6 is 0 Å². The predicted molar refractivity (Wildman–Crippen MR) is 60.1 cm³/mol. The minimum absolute atomic E-state index is 0.205. The molecule has 0 N–H and O–H groups in total. The predicted octanol–water partition coefficient (Wildman–Crippen LogP) is 2.29. The van der Waals surface area contributed by atoms with E-state index in [9.17, 15) is 8.42 Å². The third kappa shape index (κ3) is 3.49. The molecule has 0 unspecified atom stereocenters. The fourth-order valence-corrected chi connectivity index (χ4v) is 3.12. The van der Waals surface area contributed by atoms with Crippen molar-refractivity contribution in [2.45, 2.75) is 45.4 Å². The first-order valence-corrected chi connectivity index (χ1v) is 7.47. The Kier molecular flexibility index (Phi) is 4.15. The highest BCUT2D eigenvalue weighted by atomic mass is 32.2. The van der Waals surface area contributed by atoms with Crippen molar-refractivity contribution in [1.29, 1.82) is 5.26 Å². The van der Waals surface area contributed by atoms with Crippen molar-refractivity contribution in [2.24, 2.45) is 5.41 Å². The Bertz CT molecular complexity index is 334. The van der Waals surface area contributed by atoms with Gasteiger partial charge in [0.1, 0.15) is 9.84 Å². The maximum atomic E-state index is 11.3. The largest absolute Gasteiger partial charge is 0.229 e. The Morgan fingerprint density at radius 3 is 2.40 bits per heavy atom. The summed E-state index contributed by atoms with van der Waals surface area (Å²) in [6, 6.07) is 2.39. The van der Waals surface area contributed by atoms with E-state index in [0.717, 1.165) is 32.1 Å². The van der Waals surface area contributed by atoms with Gasteiger partial charge in [0.2, 0.25) is 0 Å². The van der Waals surface area contributed by atoms with E-state index < -0.39 is 9.84 Å². The molecule has 0 spiro atoms. The molecule has 1 rings (SSSR count). The van der Waals surface area contributed by atoms with E-state index in [1.807, 2.05) is 0 Å². The van der Waals surface area contributed by atoms with E-state index in [2.05, 4.69) is 6.07 Å². The van der Waals surface area contributed by atoms with Crippen LogP contribution in [-0.4, -0.2) is 19.9 Å². The quantitative estimate of drug-likeness (QED) is 0.726. The Morgan fingerprint density at radius 1 is 1.33 bits per heavy atom. The molecule has 0 aromatic heterocycles. The molecular weight excluding hydrogens is 210 g/mol. The van der Waals surface area contributed by atoms with E-state index in [1.54, 1.807) is 6.92 Å². The number of hydrogen-bond donors (Lipinski definition) is 0. The molecule has 1 aliphatic rings. The van der Waals surface area contributed by atoms with Crippen LogP contribution in [0.15, 0.2) is 0 Å². The Labute approximate surface area is 92.4 Å². The highest BCUT2D eigenvalue weighted by molar-refractivity contribution is 7.91. The summed E-state index contributed by atoms with van der Waals surface area (Å²) in [5.41, 5.74) is -0.205. The lowest BCUT2D eigenvalue weighted by Crippen LogP contribution is -2.16. The zero-order chi connectivity index (χ0) is 11.4. The fraction of sp³-hybridized carbons (Fsp3) is 0.909. The standard InChI is InChI=1S/C11H19NO2S/c1-2-15(13,14)9-5-8-11(10-12)6-3-4-7-11/h2-9H2,1H3. The second-order valence-corrected chi connectivity index (χ2v) is 6.91. The van der Waals surface area contributed by atoms with Gasteiger partial charge in [-0.25, -0.2) is 8.42 Å². The Balaban J connectivity index is 2.40. The second kappa shape index (κ2) is 4.98. The molecule has 1 aliphatic carbocycles. The first-order chi connectivity index (χ1) is 7.04. The van der Waals surface area contributed by atoms with Crippen molar-refractivity contribution < 1.29 is 8.42 Å². The molecule has 4 heteroatoms. The second-order valence-electron chi connectivity index (χ2n) is 4.44. The zero-order valence-electron chi connectivity index (χ0n) is 9.33. The van der Waals surface area contributed by atoms with Crippen LogP contribution in [0.5, 0.6) is 0 Å². The lowest BCUT2D eigenvalue weighted by molar-refractivity contribution is 0.372. The van der Waals surface area contributed by atoms with Gasteiger partial charge in [-0.1, -0.05) is 19.8 Å². The molecule has 0 saturated heterocycles. The number of hydrogen-bond acceptors (Lipinski definition) is 3. The number of nitrogens with zero attached hydrogens (tertiary/aromatic N) is 1. The summed E-state index contributed by atoms with van der Waals surface area (Å²) >= 11 is 0. The van der Waals surface area contributed by atoms with Crippen LogP contribution in [0.2, 0.25) is 0 Å². The molecule has 15 heavy (non-hydrogen) atoms. The molecule has 0 bridgehead atoms.